The molecule has 5 heteroatoms. The Morgan fingerprint density at radius 3 is 2.67 bits per heavy atom. The Kier molecular flexibility index (Phi) is 6.15. The number of carbonyl (C=O) groups excluding carboxylic acids is 1. The zero-order chi connectivity index (χ0) is 11.9. The Morgan fingerprint density at radius 1 is 1.67 bits per heavy atom. The number of hydrogen-bond donors (Lipinski definition) is 2. The highest BCUT2D eigenvalue weighted by molar-refractivity contribution is 5.81. The maximum absolute atomic E-state index is 10.9. The summed E-state index contributed by atoms with van der Waals surface area (Å²) in [5.41, 5.74) is 0. The Bertz CT molecular complexity index is 214. The lowest BCUT2D eigenvalue weighted by Gasteiger charge is -2.29. The predicted octanol–water partition coefficient (Wildman–Crippen LogP) is 0.559. The first-order valence-corrected chi connectivity index (χ1v) is 4.86. The minimum atomic E-state index is -2.29. The van der Waals surface area contributed by atoms with Gasteiger partial charge in [-0.15, -0.1) is 0 Å². The second kappa shape index (κ2) is 6.55. The van der Waals surface area contributed by atoms with Crippen molar-refractivity contribution in [1.29, 1.82) is 0 Å². The van der Waals surface area contributed by atoms with Gasteiger partial charge in [-0.25, -0.2) is 4.79 Å². The van der Waals surface area contributed by atoms with E-state index in [1.54, 1.807) is 0 Å². The number of carbonyl (C=O) groups is 1. The van der Waals surface area contributed by atoms with Crippen LogP contribution in [0.2, 0.25) is 0 Å². The van der Waals surface area contributed by atoms with Gasteiger partial charge in [0.2, 0.25) is 0 Å². The molecule has 0 aromatic heterocycles. The molecule has 0 saturated heterocycles. The number of aliphatic hydroxyl groups is 2. The van der Waals surface area contributed by atoms with Crippen LogP contribution in [0.1, 0.15) is 26.7 Å². The van der Waals surface area contributed by atoms with Crippen molar-refractivity contribution in [1.82, 2.24) is 0 Å². The normalized spacial score (nSPS) is 16.5. The molecule has 0 radical (unpaired) electrons. The van der Waals surface area contributed by atoms with E-state index < -0.39 is 18.0 Å². The number of hydrogen-bond acceptors (Lipinski definition) is 5. The molecule has 0 aromatic rings. The summed E-state index contributed by atoms with van der Waals surface area (Å²) in [4.78, 5) is 10.9. The van der Waals surface area contributed by atoms with Crippen LogP contribution in [-0.2, 0) is 14.3 Å². The highest BCUT2D eigenvalue weighted by atomic mass is 16.8. The number of ether oxygens (including phenoxy) is 2. The molecule has 0 saturated carbocycles. The summed E-state index contributed by atoms with van der Waals surface area (Å²) in [6.45, 7) is 6.59. The Labute approximate surface area is 89.3 Å². The van der Waals surface area contributed by atoms with E-state index in [1.165, 1.54) is 6.92 Å². The summed E-state index contributed by atoms with van der Waals surface area (Å²) in [5, 5.41) is 18.9. The molecule has 0 aliphatic heterocycles. The number of unbranched alkanes of at least 4 members (excludes halogenated alkanes) is 1. The first kappa shape index (κ1) is 14.1. The Balaban J connectivity index is 4.31. The SMILES string of the molecule is C=CC(=O)OC(O)(OCCCC)C(C)O. The van der Waals surface area contributed by atoms with Gasteiger partial charge in [0.1, 0.15) is 6.10 Å². The summed E-state index contributed by atoms with van der Waals surface area (Å²) in [6.07, 6.45) is 1.11. The van der Waals surface area contributed by atoms with Gasteiger partial charge in [0, 0.05) is 6.08 Å². The number of esters is 1. The van der Waals surface area contributed by atoms with Crippen LogP contribution < -0.4 is 0 Å². The van der Waals surface area contributed by atoms with Crippen molar-refractivity contribution >= 4 is 5.97 Å². The van der Waals surface area contributed by atoms with Crippen molar-refractivity contribution in [3.05, 3.63) is 12.7 Å². The number of rotatable bonds is 7. The van der Waals surface area contributed by atoms with Crippen LogP contribution in [0.15, 0.2) is 12.7 Å². The highest BCUT2D eigenvalue weighted by Gasteiger charge is 2.38. The van der Waals surface area contributed by atoms with E-state index in [0.717, 1.165) is 12.5 Å². The van der Waals surface area contributed by atoms with Gasteiger partial charge in [0.05, 0.1) is 6.61 Å². The van der Waals surface area contributed by atoms with Crippen molar-refractivity contribution in [3.8, 4) is 0 Å². The lowest BCUT2D eigenvalue weighted by Crippen LogP contribution is -2.47. The van der Waals surface area contributed by atoms with E-state index in [4.69, 9.17) is 4.74 Å². The largest absolute Gasteiger partial charge is 0.402 e. The van der Waals surface area contributed by atoms with Gasteiger partial charge in [-0.1, -0.05) is 19.9 Å². The third-order valence-electron chi connectivity index (χ3n) is 1.75. The maximum Gasteiger partial charge on any atom is 0.354 e. The lowest BCUT2D eigenvalue weighted by molar-refractivity contribution is -0.373. The molecule has 0 amide bonds. The van der Waals surface area contributed by atoms with E-state index in [9.17, 15) is 15.0 Å². The van der Waals surface area contributed by atoms with Gasteiger partial charge in [-0.3, -0.25) is 0 Å². The summed E-state index contributed by atoms with van der Waals surface area (Å²) >= 11 is 0. The molecule has 0 spiro atoms. The van der Waals surface area contributed by atoms with Crippen LogP contribution in [0, 0.1) is 0 Å². The van der Waals surface area contributed by atoms with Crippen LogP contribution >= 0.6 is 0 Å². The third kappa shape index (κ3) is 4.92. The van der Waals surface area contributed by atoms with Gasteiger partial charge in [0.25, 0.3) is 0 Å². The smallest absolute Gasteiger partial charge is 0.354 e. The zero-order valence-electron chi connectivity index (χ0n) is 9.10. The summed E-state index contributed by atoms with van der Waals surface area (Å²) in [6, 6.07) is 0. The first-order chi connectivity index (χ1) is 6.96. The van der Waals surface area contributed by atoms with Crippen molar-refractivity contribution in [3.63, 3.8) is 0 Å². The molecule has 0 heterocycles. The summed E-state index contributed by atoms with van der Waals surface area (Å²) in [5.74, 6) is -3.14. The molecule has 0 bridgehead atoms. The molecule has 0 aliphatic rings. The number of aliphatic hydroxyl groups excluding tert-OH is 1. The Morgan fingerprint density at radius 2 is 2.27 bits per heavy atom. The molecule has 0 aromatic carbocycles. The van der Waals surface area contributed by atoms with Gasteiger partial charge < -0.3 is 19.7 Å². The minimum absolute atomic E-state index is 0.197. The van der Waals surface area contributed by atoms with Crippen LogP contribution in [-0.4, -0.2) is 34.9 Å². The predicted molar refractivity (Wildman–Crippen MR) is 53.8 cm³/mol. The standard InChI is InChI=1S/C10H18O5/c1-4-6-7-14-10(13,8(3)11)15-9(12)5-2/h5,8,11,13H,2,4,6-7H2,1,3H3. The maximum atomic E-state index is 10.9. The van der Waals surface area contributed by atoms with Gasteiger partial charge in [-0.2, -0.15) is 0 Å². The van der Waals surface area contributed by atoms with Gasteiger partial charge in [0.15, 0.2) is 0 Å². The van der Waals surface area contributed by atoms with E-state index in [-0.39, 0.29) is 6.61 Å². The fourth-order valence-electron chi connectivity index (χ4n) is 0.784. The lowest BCUT2D eigenvalue weighted by atomic mass is 10.3. The summed E-state index contributed by atoms with van der Waals surface area (Å²) < 4.78 is 9.44. The average molecular weight is 218 g/mol. The van der Waals surface area contributed by atoms with Gasteiger partial charge >= 0.3 is 11.9 Å². The summed E-state index contributed by atoms with van der Waals surface area (Å²) in [7, 11) is 0. The molecule has 88 valence electrons. The van der Waals surface area contributed by atoms with E-state index in [2.05, 4.69) is 11.3 Å². The van der Waals surface area contributed by atoms with Crippen molar-refractivity contribution < 1.29 is 24.5 Å². The van der Waals surface area contributed by atoms with E-state index >= 15 is 0 Å². The molecule has 0 rings (SSSR count). The molecule has 0 fully saturated rings. The van der Waals surface area contributed by atoms with E-state index in [1.807, 2.05) is 6.92 Å². The molecular weight excluding hydrogens is 200 g/mol. The van der Waals surface area contributed by atoms with E-state index in [0.29, 0.717) is 6.42 Å². The molecule has 15 heavy (non-hydrogen) atoms. The topological polar surface area (TPSA) is 76.0 Å². The Hall–Kier alpha value is -0.910. The molecule has 2 atom stereocenters. The molecule has 0 aliphatic carbocycles. The quantitative estimate of drug-likeness (QED) is 0.282. The molecule has 2 N–H and O–H groups in total. The van der Waals surface area contributed by atoms with Gasteiger partial charge in [-0.05, 0) is 13.3 Å². The van der Waals surface area contributed by atoms with Crippen LogP contribution in [0.5, 0.6) is 0 Å². The van der Waals surface area contributed by atoms with Crippen molar-refractivity contribution in [2.24, 2.45) is 0 Å². The van der Waals surface area contributed by atoms with Crippen LogP contribution in [0.4, 0.5) is 0 Å². The monoisotopic (exact) mass is 218 g/mol. The highest BCUT2D eigenvalue weighted by Crippen LogP contribution is 2.16. The molecule has 5 nitrogen and oxygen atoms in total. The fourth-order valence-corrected chi connectivity index (χ4v) is 0.784. The van der Waals surface area contributed by atoms with Crippen LogP contribution in [0.25, 0.3) is 0 Å². The average Bonchev–Trinajstić information content (AvgIpc) is 2.17. The molecule has 2 unspecified atom stereocenters. The minimum Gasteiger partial charge on any atom is -0.402 e. The van der Waals surface area contributed by atoms with Crippen molar-refractivity contribution in [2.75, 3.05) is 6.61 Å². The molecular formula is C10H18O5. The van der Waals surface area contributed by atoms with Crippen LogP contribution in [0.3, 0.4) is 0 Å². The first-order valence-electron chi connectivity index (χ1n) is 4.86. The second-order valence-electron chi connectivity index (χ2n) is 3.13. The second-order valence-corrected chi connectivity index (χ2v) is 3.13. The zero-order valence-corrected chi connectivity index (χ0v) is 9.10. The third-order valence-corrected chi connectivity index (χ3v) is 1.75. The fraction of sp³-hybridized carbons (Fsp3) is 0.700. The van der Waals surface area contributed by atoms with Crippen molar-refractivity contribution in [2.45, 2.75) is 38.8 Å².